The maximum Gasteiger partial charge on any atom is 0.210 e. The molecule has 1 aromatic carbocycles. The van der Waals surface area contributed by atoms with Crippen molar-refractivity contribution in [2.24, 2.45) is 16.8 Å². The van der Waals surface area contributed by atoms with Gasteiger partial charge in [0.1, 0.15) is 0 Å². The highest BCUT2D eigenvalue weighted by molar-refractivity contribution is 5.93. The van der Waals surface area contributed by atoms with E-state index in [1.165, 1.54) is 12.8 Å². The van der Waals surface area contributed by atoms with Gasteiger partial charge in [-0.15, -0.1) is 0 Å². The molecule has 1 aromatic rings. The Bertz CT molecular complexity index is 346. The number of nitrogens with zero attached hydrogens (tertiary/aromatic N) is 1. The molecule has 4 nitrogen and oxygen atoms in total. The summed E-state index contributed by atoms with van der Waals surface area (Å²) in [4.78, 5) is 4.40. The van der Waals surface area contributed by atoms with E-state index >= 15 is 0 Å². The predicted octanol–water partition coefficient (Wildman–Crippen LogP) is 2.74. The highest BCUT2D eigenvalue weighted by Crippen LogP contribution is 2.07. The van der Waals surface area contributed by atoms with E-state index in [-0.39, 0.29) is 0 Å². The van der Waals surface area contributed by atoms with Gasteiger partial charge in [-0.2, -0.15) is 0 Å². The van der Waals surface area contributed by atoms with Crippen LogP contribution in [0.25, 0.3) is 0 Å². The van der Waals surface area contributed by atoms with Crippen molar-refractivity contribution in [3.63, 3.8) is 0 Å². The summed E-state index contributed by atoms with van der Waals surface area (Å²) in [6.07, 6.45) is 3.57. The molecule has 0 aliphatic heterocycles. The lowest BCUT2D eigenvalue weighted by Crippen LogP contribution is -2.36. The number of aliphatic imine (C=N–C) groups is 1. The molecule has 4 heteroatoms. The monoisotopic (exact) mass is 248 g/mol. The quantitative estimate of drug-likeness (QED) is 0.238. The Morgan fingerprint density at radius 3 is 2.56 bits per heavy atom. The van der Waals surface area contributed by atoms with E-state index in [0.29, 0.717) is 5.96 Å². The van der Waals surface area contributed by atoms with E-state index in [2.05, 4.69) is 29.6 Å². The smallest absolute Gasteiger partial charge is 0.210 e. The number of nitrogens with two attached hydrogens (primary N) is 1. The minimum absolute atomic E-state index is 0.616. The molecular weight excluding hydrogens is 224 g/mol. The SMILES string of the molecule is CC(C)CCCCN=C(NN)Nc1ccccc1. The Kier molecular flexibility index (Phi) is 6.87. The van der Waals surface area contributed by atoms with Crippen LogP contribution in [0.15, 0.2) is 35.3 Å². The maximum atomic E-state index is 5.44. The summed E-state index contributed by atoms with van der Waals surface area (Å²) in [5.74, 6) is 6.82. The minimum Gasteiger partial charge on any atom is -0.325 e. The molecule has 0 aromatic heterocycles. The van der Waals surface area contributed by atoms with Gasteiger partial charge < -0.3 is 5.32 Å². The number of hydrogen-bond donors (Lipinski definition) is 3. The fourth-order valence-corrected chi connectivity index (χ4v) is 1.63. The van der Waals surface area contributed by atoms with Crippen molar-refractivity contribution in [2.45, 2.75) is 33.1 Å². The maximum absolute atomic E-state index is 5.44. The molecule has 0 unspecified atom stereocenters. The lowest BCUT2D eigenvalue weighted by Gasteiger charge is -2.09. The number of rotatable bonds is 6. The van der Waals surface area contributed by atoms with Crippen LogP contribution in [-0.2, 0) is 0 Å². The van der Waals surface area contributed by atoms with E-state index in [1.807, 2.05) is 30.3 Å². The van der Waals surface area contributed by atoms with E-state index < -0.39 is 0 Å². The molecule has 100 valence electrons. The van der Waals surface area contributed by atoms with Gasteiger partial charge in [-0.3, -0.25) is 10.4 Å². The van der Waals surface area contributed by atoms with Crippen LogP contribution >= 0.6 is 0 Å². The lowest BCUT2D eigenvalue weighted by atomic mass is 10.1. The van der Waals surface area contributed by atoms with Crippen LogP contribution in [0.5, 0.6) is 0 Å². The number of benzene rings is 1. The average molecular weight is 248 g/mol. The molecule has 0 heterocycles. The molecule has 0 saturated heterocycles. The van der Waals surface area contributed by atoms with Crippen LogP contribution in [0, 0.1) is 5.92 Å². The number of para-hydroxylation sites is 1. The fourth-order valence-electron chi connectivity index (χ4n) is 1.63. The van der Waals surface area contributed by atoms with Crippen molar-refractivity contribution in [1.82, 2.24) is 5.43 Å². The van der Waals surface area contributed by atoms with Gasteiger partial charge in [0.2, 0.25) is 5.96 Å². The normalized spacial score (nSPS) is 11.7. The number of hydrazine groups is 1. The second-order valence-electron chi connectivity index (χ2n) is 4.76. The molecule has 0 bridgehead atoms. The van der Waals surface area contributed by atoms with E-state index in [1.54, 1.807) is 0 Å². The second kappa shape index (κ2) is 8.53. The summed E-state index contributed by atoms with van der Waals surface area (Å²) in [6.45, 7) is 5.28. The van der Waals surface area contributed by atoms with Gasteiger partial charge in [-0.25, -0.2) is 5.84 Å². The first kappa shape index (κ1) is 14.5. The van der Waals surface area contributed by atoms with Crippen LogP contribution in [0.4, 0.5) is 5.69 Å². The Labute approximate surface area is 110 Å². The largest absolute Gasteiger partial charge is 0.325 e. The van der Waals surface area contributed by atoms with Crippen molar-refractivity contribution in [3.05, 3.63) is 30.3 Å². The molecule has 4 N–H and O–H groups in total. The van der Waals surface area contributed by atoms with Crippen molar-refractivity contribution in [1.29, 1.82) is 0 Å². The second-order valence-corrected chi connectivity index (χ2v) is 4.76. The van der Waals surface area contributed by atoms with E-state index in [0.717, 1.165) is 24.6 Å². The number of hydrogen-bond acceptors (Lipinski definition) is 2. The van der Waals surface area contributed by atoms with Gasteiger partial charge in [0.25, 0.3) is 0 Å². The molecule has 18 heavy (non-hydrogen) atoms. The highest BCUT2D eigenvalue weighted by atomic mass is 15.3. The third kappa shape index (κ3) is 6.25. The zero-order chi connectivity index (χ0) is 13.2. The fraction of sp³-hybridized carbons (Fsp3) is 0.500. The summed E-state index contributed by atoms with van der Waals surface area (Å²) in [6, 6.07) is 9.87. The van der Waals surface area contributed by atoms with Crippen LogP contribution in [-0.4, -0.2) is 12.5 Å². The average Bonchev–Trinajstić information content (AvgIpc) is 2.38. The zero-order valence-corrected chi connectivity index (χ0v) is 11.3. The standard InChI is InChI=1S/C14H24N4/c1-12(2)8-6-7-11-16-14(18-15)17-13-9-4-3-5-10-13/h3-5,9-10,12H,6-8,11,15H2,1-2H3,(H2,16,17,18). The van der Waals surface area contributed by atoms with Gasteiger partial charge in [0.05, 0.1) is 0 Å². The van der Waals surface area contributed by atoms with E-state index in [9.17, 15) is 0 Å². The minimum atomic E-state index is 0.616. The Morgan fingerprint density at radius 1 is 1.22 bits per heavy atom. The van der Waals surface area contributed by atoms with E-state index in [4.69, 9.17) is 5.84 Å². The molecule has 0 amide bonds. The number of anilines is 1. The Hall–Kier alpha value is -1.55. The third-order valence-electron chi connectivity index (χ3n) is 2.63. The molecule has 0 spiro atoms. The predicted molar refractivity (Wildman–Crippen MR) is 78.4 cm³/mol. The summed E-state index contributed by atoms with van der Waals surface area (Å²) >= 11 is 0. The molecule has 0 saturated carbocycles. The number of guanidine groups is 1. The summed E-state index contributed by atoms with van der Waals surface area (Å²) in [7, 11) is 0. The van der Waals surface area contributed by atoms with Gasteiger partial charge in [0, 0.05) is 12.2 Å². The van der Waals surface area contributed by atoms with Crippen molar-refractivity contribution < 1.29 is 0 Å². The first-order valence-corrected chi connectivity index (χ1v) is 6.55. The van der Waals surface area contributed by atoms with Gasteiger partial charge in [-0.1, -0.05) is 44.9 Å². The van der Waals surface area contributed by atoms with Gasteiger partial charge in [0.15, 0.2) is 0 Å². The van der Waals surface area contributed by atoms with Crippen molar-refractivity contribution in [2.75, 3.05) is 11.9 Å². The number of unbranched alkanes of at least 4 members (excludes halogenated alkanes) is 1. The molecular formula is C14H24N4. The molecule has 0 aliphatic carbocycles. The van der Waals surface area contributed by atoms with Crippen LogP contribution in [0.2, 0.25) is 0 Å². The summed E-state index contributed by atoms with van der Waals surface area (Å²) in [5.41, 5.74) is 3.57. The van der Waals surface area contributed by atoms with Gasteiger partial charge >= 0.3 is 0 Å². The topological polar surface area (TPSA) is 62.4 Å². The summed E-state index contributed by atoms with van der Waals surface area (Å²) in [5, 5.41) is 3.14. The van der Waals surface area contributed by atoms with Crippen LogP contribution in [0.1, 0.15) is 33.1 Å². The van der Waals surface area contributed by atoms with Crippen LogP contribution < -0.4 is 16.6 Å². The van der Waals surface area contributed by atoms with Gasteiger partial charge in [-0.05, 0) is 24.5 Å². The van der Waals surface area contributed by atoms with Crippen molar-refractivity contribution in [3.8, 4) is 0 Å². The Balaban J connectivity index is 2.32. The lowest BCUT2D eigenvalue weighted by molar-refractivity contribution is 0.541. The Morgan fingerprint density at radius 2 is 1.94 bits per heavy atom. The molecule has 0 radical (unpaired) electrons. The first-order valence-electron chi connectivity index (χ1n) is 6.55. The third-order valence-corrected chi connectivity index (χ3v) is 2.63. The molecule has 0 aliphatic rings. The summed E-state index contributed by atoms with van der Waals surface area (Å²) < 4.78 is 0. The first-order chi connectivity index (χ1) is 8.72. The number of nitrogens with one attached hydrogen (secondary N) is 2. The molecule has 1 rings (SSSR count). The molecule has 0 atom stereocenters. The zero-order valence-electron chi connectivity index (χ0n) is 11.3. The van der Waals surface area contributed by atoms with Crippen LogP contribution in [0.3, 0.4) is 0 Å². The van der Waals surface area contributed by atoms with Crippen molar-refractivity contribution >= 4 is 11.6 Å². The highest BCUT2D eigenvalue weighted by Gasteiger charge is 1.97. The molecule has 0 fully saturated rings.